The van der Waals surface area contributed by atoms with Gasteiger partial charge < -0.3 is 14.6 Å². The van der Waals surface area contributed by atoms with Gasteiger partial charge in [-0.1, -0.05) is 48.0 Å². The molecule has 1 amide bonds. The number of hydrogen-bond donors (Lipinski definition) is 0. The van der Waals surface area contributed by atoms with Crippen molar-refractivity contribution in [3.63, 3.8) is 0 Å². The van der Waals surface area contributed by atoms with Crippen LogP contribution in [-0.2, 0) is 28.9 Å². The van der Waals surface area contributed by atoms with E-state index in [1.165, 1.54) is 0 Å². The molecule has 1 heterocycles. The number of likely N-dealkylation sites (N-methyl/N-ethyl adjacent to an activating group) is 1. The van der Waals surface area contributed by atoms with E-state index < -0.39 is 23.7 Å². The quantitative estimate of drug-likeness (QED) is 0.575. The van der Waals surface area contributed by atoms with Crippen molar-refractivity contribution in [2.75, 3.05) is 13.6 Å². The predicted molar refractivity (Wildman–Crippen MR) is 122 cm³/mol. The van der Waals surface area contributed by atoms with E-state index in [0.29, 0.717) is 24.5 Å². The van der Waals surface area contributed by atoms with Gasteiger partial charge in [-0.25, -0.2) is 4.79 Å². The molecule has 0 aromatic heterocycles. The second-order valence-electron chi connectivity index (χ2n) is 9.34. The van der Waals surface area contributed by atoms with E-state index in [9.17, 15) is 14.7 Å². The predicted octanol–water partition coefficient (Wildman–Crippen LogP) is 0.299. The van der Waals surface area contributed by atoms with E-state index >= 15 is 0 Å². The van der Waals surface area contributed by atoms with Gasteiger partial charge in [-0.2, -0.15) is 0 Å². The zero-order chi connectivity index (χ0) is 23.5. The van der Waals surface area contributed by atoms with Crippen LogP contribution < -0.4 is 24.0 Å². The van der Waals surface area contributed by atoms with Gasteiger partial charge in [0.2, 0.25) is 0 Å². The number of rotatable bonds is 6. The number of carbonyl (C=O) groups is 2. The molecule has 0 radical (unpaired) electrons. The maximum Gasteiger partial charge on any atom is 1.00 e. The number of ether oxygens (including phenoxy) is 1. The first-order chi connectivity index (χ1) is 15.0. The topological polar surface area (TPSA) is 72.9 Å². The van der Waals surface area contributed by atoms with Crippen LogP contribution >= 0.6 is 11.6 Å². The van der Waals surface area contributed by atoms with Crippen LogP contribution in [0.25, 0.3) is 0 Å². The minimum Gasteiger partial charge on any atom is -0.548 e. The number of aliphatic carboxylic acids is 1. The number of carboxylic acid groups (broad SMARTS) is 1. The van der Waals surface area contributed by atoms with Crippen molar-refractivity contribution in [3.05, 3.63) is 70.2 Å². The smallest absolute Gasteiger partial charge is 0.548 e. The van der Waals surface area contributed by atoms with Crippen molar-refractivity contribution >= 4 is 23.7 Å². The number of halogens is 1. The Labute approximate surface area is 213 Å². The monoisotopic (exact) mass is 464 g/mol. The zero-order valence-corrected chi connectivity index (χ0v) is 20.8. The molecule has 0 saturated heterocycles. The van der Waals surface area contributed by atoms with Crippen molar-refractivity contribution in [3.8, 4) is 0 Å². The summed E-state index contributed by atoms with van der Waals surface area (Å²) < 4.78 is 5.65. The van der Waals surface area contributed by atoms with E-state index in [1.54, 1.807) is 29.0 Å². The fourth-order valence-corrected chi connectivity index (χ4v) is 4.13. The summed E-state index contributed by atoms with van der Waals surface area (Å²) in [5.74, 6) is -1.15. The first-order valence-corrected chi connectivity index (χ1v) is 11.1. The van der Waals surface area contributed by atoms with Gasteiger partial charge in [-0.3, -0.25) is 9.80 Å². The van der Waals surface area contributed by atoms with E-state index in [2.05, 4.69) is 6.07 Å². The molecule has 33 heavy (non-hydrogen) atoms. The van der Waals surface area contributed by atoms with Gasteiger partial charge in [-0.15, -0.1) is 0 Å². The summed E-state index contributed by atoms with van der Waals surface area (Å²) in [5.41, 5.74) is 2.48. The third-order valence-electron chi connectivity index (χ3n) is 5.63. The summed E-state index contributed by atoms with van der Waals surface area (Å²) in [7, 11) is 1.75. The van der Waals surface area contributed by atoms with Gasteiger partial charge in [0.1, 0.15) is 5.60 Å². The van der Waals surface area contributed by atoms with Crippen molar-refractivity contribution < 1.29 is 38.3 Å². The molecule has 8 heteroatoms. The minimum atomic E-state index is -1.15. The Morgan fingerprint density at radius 3 is 2.33 bits per heavy atom. The van der Waals surface area contributed by atoms with Crippen LogP contribution in [0.4, 0.5) is 4.79 Å². The molecule has 2 aromatic carbocycles. The average Bonchev–Trinajstić information content (AvgIpc) is 2.71. The van der Waals surface area contributed by atoms with Gasteiger partial charge in [0.05, 0.1) is 18.1 Å². The molecule has 0 bridgehead atoms. The van der Waals surface area contributed by atoms with Crippen LogP contribution in [-0.4, -0.2) is 53.1 Å². The number of nitrogens with zero attached hydrogens (tertiary/aromatic N) is 2. The summed E-state index contributed by atoms with van der Waals surface area (Å²) in [4.78, 5) is 28.4. The Morgan fingerprint density at radius 2 is 1.76 bits per heavy atom. The van der Waals surface area contributed by atoms with Crippen LogP contribution in [0.5, 0.6) is 0 Å². The summed E-state index contributed by atoms with van der Waals surface area (Å²) in [6, 6.07) is 14.0. The fraction of sp³-hybridized carbons (Fsp3) is 0.440. The summed E-state index contributed by atoms with van der Waals surface area (Å²) in [6.07, 6.45) is 0.514. The number of benzene rings is 2. The van der Waals surface area contributed by atoms with Gasteiger partial charge in [-0.05, 0) is 69.5 Å². The molecule has 0 N–H and O–H groups in total. The van der Waals surface area contributed by atoms with Gasteiger partial charge in [0.25, 0.3) is 0 Å². The van der Waals surface area contributed by atoms with Crippen molar-refractivity contribution in [2.24, 2.45) is 0 Å². The first-order valence-electron chi connectivity index (χ1n) is 10.8. The molecule has 6 nitrogen and oxygen atoms in total. The normalized spacial score (nSPS) is 16.5. The van der Waals surface area contributed by atoms with Crippen LogP contribution in [0.2, 0.25) is 5.02 Å². The number of carboxylic acids is 1. The standard InChI is InChI=1S/C25H31ClN2O4.Li/c1-25(2,3)32-24(31)28-15-19-8-6-5-7-18(19)14-21(28)16-27(4)22(23(29)30)13-17-9-11-20(26)12-10-17;/h5-12,21-22H,13-16H2,1-4H3,(H,29,30);/q;+1/p-1. The molecule has 2 atom stereocenters. The molecule has 1 aliphatic heterocycles. The van der Waals surface area contributed by atoms with E-state index in [4.69, 9.17) is 16.3 Å². The van der Waals surface area contributed by atoms with E-state index in [1.807, 2.05) is 51.1 Å². The number of amides is 1. The van der Waals surface area contributed by atoms with Crippen LogP contribution in [0.15, 0.2) is 48.5 Å². The molecule has 0 aliphatic carbocycles. The number of hydrogen-bond acceptors (Lipinski definition) is 5. The Bertz CT molecular complexity index is 962. The van der Waals surface area contributed by atoms with E-state index in [0.717, 1.165) is 16.7 Å². The van der Waals surface area contributed by atoms with Gasteiger partial charge >= 0.3 is 25.0 Å². The molecule has 0 spiro atoms. The molecule has 2 aromatic rings. The maximum absolute atomic E-state index is 13.0. The number of fused-ring (bicyclic) bond motifs is 1. The zero-order valence-electron chi connectivity index (χ0n) is 20.0. The van der Waals surface area contributed by atoms with Crippen LogP contribution in [0.1, 0.15) is 37.5 Å². The largest absolute Gasteiger partial charge is 1.00 e. The average molecular weight is 465 g/mol. The molecule has 3 rings (SSSR count). The van der Waals surface area contributed by atoms with Gasteiger partial charge in [0.15, 0.2) is 0 Å². The third kappa shape index (κ3) is 7.51. The Morgan fingerprint density at radius 1 is 1.15 bits per heavy atom. The first kappa shape index (κ1) is 27.3. The van der Waals surface area contributed by atoms with E-state index in [-0.39, 0.29) is 31.3 Å². The molecule has 172 valence electrons. The maximum atomic E-state index is 13.0. The molecular weight excluding hydrogens is 435 g/mol. The Kier molecular flexibility index (Phi) is 9.45. The summed E-state index contributed by atoms with van der Waals surface area (Å²) >= 11 is 5.95. The molecule has 0 saturated carbocycles. The van der Waals surface area contributed by atoms with Crippen LogP contribution in [0.3, 0.4) is 0 Å². The van der Waals surface area contributed by atoms with Gasteiger partial charge in [0, 0.05) is 18.1 Å². The molecule has 0 fully saturated rings. The number of carbonyl (C=O) groups excluding carboxylic acids is 2. The van der Waals surface area contributed by atoms with Crippen molar-refractivity contribution in [2.45, 2.75) is 57.8 Å². The fourth-order valence-electron chi connectivity index (χ4n) is 4.01. The third-order valence-corrected chi connectivity index (χ3v) is 5.88. The second-order valence-corrected chi connectivity index (χ2v) is 9.78. The summed E-state index contributed by atoms with van der Waals surface area (Å²) in [5, 5.41) is 12.6. The Hall–Kier alpha value is -1.97. The molecular formula is C25H30ClLiN2O4. The van der Waals surface area contributed by atoms with Crippen molar-refractivity contribution in [1.82, 2.24) is 9.80 Å². The Balaban J connectivity index is 0.00000385. The summed E-state index contributed by atoms with van der Waals surface area (Å²) in [6.45, 7) is 6.31. The van der Waals surface area contributed by atoms with Crippen molar-refractivity contribution in [1.29, 1.82) is 0 Å². The second kappa shape index (κ2) is 11.4. The SMILES string of the molecule is CN(CC1Cc2ccccc2CN1C(=O)OC(C)(C)C)C(Cc1ccc(Cl)cc1)C(=O)[O-].[Li+]. The molecule has 2 unspecified atom stereocenters. The van der Waals surface area contributed by atoms with Crippen LogP contribution in [0, 0.1) is 0 Å². The minimum absolute atomic E-state index is 0. The molecule has 1 aliphatic rings.